The molecule has 0 atom stereocenters. The maximum absolute atomic E-state index is 9.20. The molecule has 0 amide bonds. The Morgan fingerprint density at radius 3 is 1.27 bits per heavy atom. The Kier molecular flexibility index (Phi) is 8.45. The molecule has 2 aromatic carbocycles. The van der Waals surface area contributed by atoms with Crippen LogP contribution >= 0.6 is 23.2 Å². The number of nitrogens with zero attached hydrogens (tertiary/aromatic N) is 2. The maximum Gasteiger partial charge on any atom is 0.0867 e. The van der Waals surface area contributed by atoms with Crippen LogP contribution in [0.15, 0.2) is 58.8 Å². The highest BCUT2D eigenvalue weighted by Crippen LogP contribution is 2.16. The van der Waals surface area contributed by atoms with Crippen LogP contribution in [0.5, 0.6) is 0 Å². The van der Waals surface area contributed by atoms with Crippen molar-refractivity contribution in [3.63, 3.8) is 0 Å². The number of halogens is 2. The van der Waals surface area contributed by atoms with E-state index in [9.17, 15) is 10.4 Å². The molecule has 0 saturated heterocycles. The Labute approximate surface area is 163 Å². The lowest BCUT2D eigenvalue weighted by Gasteiger charge is -2.06. The summed E-state index contributed by atoms with van der Waals surface area (Å²) < 4.78 is 0. The maximum atomic E-state index is 9.20. The van der Waals surface area contributed by atoms with Gasteiger partial charge in [-0.05, 0) is 61.1 Å². The summed E-state index contributed by atoms with van der Waals surface area (Å²) >= 11 is 11.7. The van der Waals surface area contributed by atoms with Crippen LogP contribution in [0, 0.1) is 0 Å². The Morgan fingerprint density at radius 2 is 0.962 bits per heavy atom. The molecule has 4 nitrogen and oxygen atoms in total. The van der Waals surface area contributed by atoms with Gasteiger partial charge in [-0.1, -0.05) is 70.6 Å². The Bertz CT molecular complexity index is 676. The number of rotatable bonds is 9. The summed E-state index contributed by atoms with van der Waals surface area (Å²) in [5.41, 5.74) is 3.10. The van der Waals surface area contributed by atoms with Crippen molar-refractivity contribution in [1.82, 2.24) is 0 Å². The van der Waals surface area contributed by atoms with Crippen LogP contribution in [0.2, 0.25) is 10.0 Å². The van der Waals surface area contributed by atoms with Gasteiger partial charge in [0.25, 0.3) is 0 Å². The highest BCUT2D eigenvalue weighted by atomic mass is 35.5. The van der Waals surface area contributed by atoms with Crippen LogP contribution in [0.1, 0.15) is 49.7 Å². The molecule has 2 aromatic rings. The molecule has 6 heteroatoms. The molecule has 0 aliphatic heterocycles. The molecule has 0 spiro atoms. The van der Waals surface area contributed by atoms with E-state index in [2.05, 4.69) is 10.3 Å². The predicted octanol–water partition coefficient (Wildman–Crippen LogP) is 6.39. The fraction of sp³-hybridized carbons (Fsp3) is 0.300. The lowest BCUT2D eigenvalue weighted by atomic mass is 10.0. The molecule has 0 radical (unpaired) electrons. The van der Waals surface area contributed by atoms with Gasteiger partial charge in [0.2, 0.25) is 0 Å². The molecule has 0 saturated carbocycles. The van der Waals surface area contributed by atoms with E-state index in [-0.39, 0.29) is 0 Å². The first-order chi connectivity index (χ1) is 12.6. The van der Waals surface area contributed by atoms with Gasteiger partial charge < -0.3 is 10.4 Å². The first-order valence-corrected chi connectivity index (χ1v) is 9.33. The molecule has 2 N–H and O–H groups in total. The SMILES string of the molecule is ON=C(CCCCCCC(=NO)c1ccc(Cl)cc1)c1ccc(Cl)cc1. The minimum Gasteiger partial charge on any atom is -0.411 e. The summed E-state index contributed by atoms with van der Waals surface area (Å²) in [6.45, 7) is 0. The predicted molar refractivity (Wildman–Crippen MR) is 107 cm³/mol. The monoisotopic (exact) mass is 392 g/mol. The van der Waals surface area contributed by atoms with Gasteiger partial charge in [-0.3, -0.25) is 0 Å². The van der Waals surface area contributed by atoms with Crippen molar-refractivity contribution >= 4 is 34.6 Å². The second-order valence-electron chi connectivity index (χ2n) is 6.02. The molecule has 0 unspecified atom stereocenters. The summed E-state index contributed by atoms with van der Waals surface area (Å²) in [6, 6.07) is 14.6. The Hall–Kier alpha value is -2.04. The summed E-state index contributed by atoms with van der Waals surface area (Å²) in [5.74, 6) is 0. The zero-order valence-electron chi connectivity index (χ0n) is 14.4. The van der Waals surface area contributed by atoms with Crippen LogP contribution in [0.25, 0.3) is 0 Å². The van der Waals surface area contributed by atoms with Gasteiger partial charge in [0.05, 0.1) is 11.4 Å². The fourth-order valence-electron chi connectivity index (χ4n) is 2.73. The zero-order chi connectivity index (χ0) is 18.8. The quantitative estimate of drug-likeness (QED) is 0.224. The van der Waals surface area contributed by atoms with Crippen LogP contribution in [0.4, 0.5) is 0 Å². The van der Waals surface area contributed by atoms with Crippen LogP contribution in [0.3, 0.4) is 0 Å². The first kappa shape index (κ1) is 20.3. The van der Waals surface area contributed by atoms with Gasteiger partial charge in [-0.15, -0.1) is 0 Å². The average molecular weight is 393 g/mol. The highest BCUT2D eigenvalue weighted by Gasteiger charge is 2.06. The van der Waals surface area contributed by atoms with E-state index < -0.39 is 0 Å². The first-order valence-electron chi connectivity index (χ1n) is 8.58. The summed E-state index contributed by atoms with van der Waals surface area (Å²) in [6.07, 6.45) is 5.27. The lowest BCUT2D eigenvalue weighted by molar-refractivity contribution is 0.317. The molecule has 0 bridgehead atoms. The highest BCUT2D eigenvalue weighted by molar-refractivity contribution is 6.31. The minimum atomic E-state index is 0.660. The van der Waals surface area contributed by atoms with Crippen molar-refractivity contribution in [2.75, 3.05) is 0 Å². The van der Waals surface area contributed by atoms with Crippen molar-refractivity contribution in [1.29, 1.82) is 0 Å². The van der Waals surface area contributed by atoms with E-state index >= 15 is 0 Å². The van der Waals surface area contributed by atoms with Crippen molar-refractivity contribution in [3.8, 4) is 0 Å². The lowest BCUT2D eigenvalue weighted by Crippen LogP contribution is -2.02. The fourth-order valence-corrected chi connectivity index (χ4v) is 2.98. The van der Waals surface area contributed by atoms with Crippen molar-refractivity contribution in [3.05, 3.63) is 69.7 Å². The normalized spacial score (nSPS) is 12.4. The van der Waals surface area contributed by atoms with E-state index in [4.69, 9.17) is 23.2 Å². The van der Waals surface area contributed by atoms with Crippen LogP contribution < -0.4 is 0 Å². The molecule has 0 aromatic heterocycles. The molecule has 26 heavy (non-hydrogen) atoms. The number of benzene rings is 2. The van der Waals surface area contributed by atoms with Crippen molar-refractivity contribution in [2.45, 2.75) is 38.5 Å². The van der Waals surface area contributed by atoms with Crippen molar-refractivity contribution in [2.24, 2.45) is 10.3 Å². The molecular formula is C20H22Cl2N2O2. The van der Waals surface area contributed by atoms with Crippen molar-refractivity contribution < 1.29 is 10.4 Å². The smallest absolute Gasteiger partial charge is 0.0867 e. The standard InChI is InChI=1S/C20H22Cl2N2O2/c21-17-11-7-15(8-12-17)19(23-25)5-3-1-2-4-6-20(24-26)16-9-13-18(22)14-10-16/h7-14,25-26H,1-6H2. The minimum absolute atomic E-state index is 0.660. The number of hydrogen-bond acceptors (Lipinski definition) is 4. The molecule has 0 fully saturated rings. The van der Waals surface area contributed by atoms with Gasteiger partial charge in [0.1, 0.15) is 0 Å². The number of oxime groups is 2. The zero-order valence-corrected chi connectivity index (χ0v) is 15.9. The van der Waals surface area contributed by atoms with Gasteiger partial charge >= 0.3 is 0 Å². The van der Waals surface area contributed by atoms with Gasteiger partial charge in [0.15, 0.2) is 0 Å². The van der Waals surface area contributed by atoms with E-state index in [0.29, 0.717) is 34.3 Å². The summed E-state index contributed by atoms with van der Waals surface area (Å²) in [7, 11) is 0. The van der Waals surface area contributed by atoms with Gasteiger partial charge in [0, 0.05) is 10.0 Å². The third-order valence-electron chi connectivity index (χ3n) is 4.17. The van der Waals surface area contributed by atoms with Gasteiger partial charge in [-0.2, -0.15) is 0 Å². The Morgan fingerprint density at radius 1 is 0.615 bits per heavy atom. The molecule has 138 valence electrons. The van der Waals surface area contributed by atoms with Crippen LogP contribution in [-0.4, -0.2) is 21.8 Å². The molecule has 2 rings (SSSR count). The molecule has 0 aliphatic carbocycles. The average Bonchev–Trinajstić information content (AvgIpc) is 2.66. The van der Waals surface area contributed by atoms with Gasteiger partial charge in [-0.25, -0.2) is 0 Å². The van der Waals surface area contributed by atoms with E-state index in [1.165, 1.54) is 0 Å². The second kappa shape index (κ2) is 10.8. The second-order valence-corrected chi connectivity index (χ2v) is 6.89. The summed E-state index contributed by atoms with van der Waals surface area (Å²) in [4.78, 5) is 0. The molecular weight excluding hydrogens is 371 g/mol. The molecule has 0 heterocycles. The third-order valence-corrected chi connectivity index (χ3v) is 4.68. The summed E-state index contributed by atoms with van der Waals surface area (Å²) in [5, 5.41) is 26.5. The van der Waals surface area contributed by atoms with Crippen LogP contribution in [-0.2, 0) is 0 Å². The third kappa shape index (κ3) is 6.36. The Balaban J connectivity index is 1.71. The largest absolute Gasteiger partial charge is 0.411 e. The number of unbranched alkanes of at least 4 members (excludes halogenated alkanes) is 3. The van der Waals surface area contributed by atoms with E-state index in [0.717, 1.165) is 36.8 Å². The topological polar surface area (TPSA) is 65.2 Å². The van der Waals surface area contributed by atoms with E-state index in [1.807, 2.05) is 24.3 Å². The van der Waals surface area contributed by atoms with E-state index in [1.54, 1.807) is 24.3 Å². The molecule has 0 aliphatic rings. The number of hydrogen-bond donors (Lipinski definition) is 2.